The molecule has 0 aromatic heterocycles. The molecule has 0 aliphatic carbocycles. The largest absolute Gasteiger partial charge is 0.490 e. The minimum atomic E-state index is -0.938. The van der Waals surface area contributed by atoms with Crippen molar-refractivity contribution in [2.24, 2.45) is 0 Å². The summed E-state index contributed by atoms with van der Waals surface area (Å²) in [5.41, 5.74) is 1.42. The molecule has 31 heavy (non-hydrogen) atoms. The summed E-state index contributed by atoms with van der Waals surface area (Å²) < 4.78 is 16.5. The van der Waals surface area contributed by atoms with Crippen molar-refractivity contribution in [3.05, 3.63) is 72.3 Å². The van der Waals surface area contributed by atoms with E-state index in [2.05, 4.69) is 5.32 Å². The normalized spacial score (nSPS) is 14.1. The third-order valence-corrected chi connectivity index (χ3v) is 4.86. The van der Waals surface area contributed by atoms with Crippen LogP contribution in [0.1, 0.15) is 18.9 Å². The number of fused-ring (bicyclic) bond motifs is 2. The van der Waals surface area contributed by atoms with E-state index >= 15 is 0 Å². The molecule has 1 amide bonds. The van der Waals surface area contributed by atoms with E-state index in [-0.39, 0.29) is 0 Å². The van der Waals surface area contributed by atoms with Crippen LogP contribution in [-0.4, -0.2) is 31.2 Å². The molecule has 1 aliphatic heterocycles. The Bertz CT molecular complexity index is 1140. The Hall–Kier alpha value is -3.80. The highest BCUT2D eigenvalue weighted by Crippen LogP contribution is 2.30. The number of rotatable bonds is 5. The van der Waals surface area contributed by atoms with E-state index in [1.54, 1.807) is 12.1 Å². The minimum Gasteiger partial charge on any atom is -0.490 e. The Morgan fingerprint density at radius 2 is 1.74 bits per heavy atom. The number of carbonyl (C=O) groups excluding carboxylic acids is 2. The molecule has 6 heteroatoms. The minimum absolute atomic E-state index is 0.396. The number of esters is 1. The Morgan fingerprint density at radius 3 is 2.58 bits per heavy atom. The van der Waals surface area contributed by atoms with Crippen LogP contribution in [0, 0.1) is 0 Å². The van der Waals surface area contributed by atoms with E-state index in [9.17, 15) is 9.59 Å². The van der Waals surface area contributed by atoms with Gasteiger partial charge in [0.25, 0.3) is 5.91 Å². The number of hydrogen-bond donors (Lipinski definition) is 1. The van der Waals surface area contributed by atoms with Gasteiger partial charge in [-0.05, 0) is 53.6 Å². The first-order chi connectivity index (χ1) is 15.1. The van der Waals surface area contributed by atoms with Gasteiger partial charge in [-0.2, -0.15) is 0 Å². The quantitative estimate of drug-likeness (QED) is 0.486. The zero-order valence-electron chi connectivity index (χ0n) is 17.2. The van der Waals surface area contributed by atoms with Crippen molar-refractivity contribution in [3.63, 3.8) is 0 Å². The van der Waals surface area contributed by atoms with Crippen LogP contribution >= 0.6 is 0 Å². The van der Waals surface area contributed by atoms with Gasteiger partial charge in [0.15, 0.2) is 17.6 Å². The zero-order chi connectivity index (χ0) is 21.6. The van der Waals surface area contributed by atoms with Crippen molar-refractivity contribution in [1.29, 1.82) is 0 Å². The third kappa shape index (κ3) is 5.22. The second-order valence-electron chi connectivity index (χ2n) is 7.22. The first-order valence-electron chi connectivity index (χ1n) is 10.2. The number of hydrogen-bond acceptors (Lipinski definition) is 5. The van der Waals surface area contributed by atoms with Crippen LogP contribution in [0.15, 0.2) is 66.7 Å². The Kier molecular flexibility index (Phi) is 6.17. The van der Waals surface area contributed by atoms with Gasteiger partial charge in [0.2, 0.25) is 0 Å². The predicted molar refractivity (Wildman–Crippen MR) is 119 cm³/mol. The molecular formula is C25H23NO5. The third-order valence-electron chi connectivity index (χ3n) is 4.86. The van der Waals surface area contributed by atoms with E-state index in [1.165, 1.54) is 13.0 Å². The number of carbonyl (C=O) groups is 2. The average Bonchev–Trinajstić information content (AvgIpc) is 3.02. The van der Waals surface area contributed by atoms with Crippen LogP contribution in [0.5, 0.6) is 11.5 Å². The first kappa shape index (κ1) is 20.5. The first-order valence-corrected chi connectivity index (χ1v) is 10.2. The molecule has 1 heterocycles. The van der Waals surface area contributed by atoms with Crippen LogP contribution in [0.4, 0.5) is 5.69 Å². The molecule has 1 atom stereocenters. The molecule has 0 saturated carbocycles. The maximum Gasteiger partial charge on any atom is 0.331 e. The lowest BCUT2D eigenvalue weighted by molar-refractivity contribution is -0.148. The molecule has 0 radical (unpaired) electrons. The maximum atomic E-state index is 12.4. The van der Waals surface area contributed by atoms with Gasteiger partial charge < -0.3 is 19.5 Å². The van der Waals surface area contributed by atoms with Gasteiger partial charge in [-0.3, -0.25) is 4.79 Å². The van der Waals surface area contributed by atoms with Gasteiger partial charge in [-0.25, -0.2) is 4.79 Å². The van der Waals surface area contributed by atoms with E-state index in [4.69, 9.17) is 14.2 Å². The summed E-state index contributed by atoms with van der Waals surface area (Å²) in [7, 11) is 0. The Balaban J connectivity index is 1.34. The van der Waals surface area contributed by atoms with Crippen LogP contribution < -0.4 is 14.8 Å². The number of amides is 1. The second kappa shape index (κ2) is 9.34. The van der Waals surface area contributed by atoms with E-state index in [0.29, 0.717) is 30.4 Å². The lowest BCUT2D eigenvalue weighted by Crippen LogP contribution is -2.29. The van der Waals surface area contributed by atoms with Crippen molar-refractivity contribution < 1.29 is 23.8 Å². The molecule has 3 aromatic rings. The predicted octanol–water partition coefficient (Wildman–Crippen LogP) is 4.58. The highest BCUT2D eigenvalue weighted by molar-refractivity contribution is 5.98. The van der Waals surface area contributed by atoms with Gasteiger partial charge in [0.1, 0.15) is 0 Å². The fraction of sp³-hybridized carbons (Fsp3) is 0.200. The van der Waals surface area contributed by atoms with Gasteiger partial charge in [-0.1, -0.05) is 36.4 Å². The smallest absolute Gasteiger partial charge is 0.331 e. The maximum absolute atomic E-state index is 12.4. The molecule has 0 fully saturated rings. The number of nitrogens with one attached hydrogen (secondary N) is 1. The molecule has 0 saturated heterocycles. The van der Waals surface area contributed by atoms with Crippen molar-refractivity contribution in [1.82, 2.24) is 0 Å². The molecule has 0 unspecified atom stereocenters. The van der Waals surface area contributed by atoms with E-state index < -0.39 is 18.0 Å². The van der Waals surface area contributed by atoms with Gasteiger partial charge in [0, 0.05) is 18.2 Å². The lowest BCUT2D eigenvalue weighted by Gasteiger charge is -2.13. The number of anilines is 1. The van der Waals surface area contributed by atoms with Crippen LogP contribution in [-0.2, 0) is 14.3 Å². The molecule has 6 nitrogen and oxygen atoms in total. The lowest BCUT2D eigenvalue weighted by atomic mass is 10.1. The second-order valence-corrected chi connectivity index (χ2v) is 7.22. The highest BCUT2D eigenvalue weighted by Gasteiger charge is 2.17. The van der Waals surface area contributed by atoms with Crippen molar-refractivity contribution >= 4 is 34.4 Å². The Labute approximate surface area is 180 Å². The van der Waals surface area contributed by atoms with Crippen LogP contribution in [0.2, 0.25) is 0 Å². The number of ether oxygens (including phenoxy) is 3. The van der Waals surface area contributed by atoms with Gasteiger partial charge in [0.05, 0.1) is 13.2 Å². The molecule has 158 valence electrons. The Morgan fingerprint density at radius 1 is 0.968 bits per heavy atom. The summed E-state index contributed by atoms with van der Waals surface area (Å²) in [5, 5.41) is 4.88. The van der Waals surface area contributed by atoms with Gasteiger partial charge in [-0.15, -0.1) is 0 Å². The molecule has 1 aliphatic rings. The van der Waals surface area contributed by atoms with Gasteiger partial charge >= 0.3 is 5.97 Å². The topological polar surface area (TPSA) is 73.9 Å². The van der Waals surface area contributed by atoms with Crippen molar-refractivity contribution in [3.8, 4) is 11.5 Å². The summed E-state index contributed by atoms with van der Waals surface area (Å²) in [6, 6.07) is 18.9. The SMILES string of the molecule is C[C@@H](OC(=O)/C=C/c1ccc2c(c1)OCCCO2)C(=O)Nc1ccc2ccccc2c1. The summed E-state index contributed by atoms with van der Waals surface area (Å²) in [6.45, 7) is 2.75. The van der Waals surface area contributed by atoms with E-state index in [0.717, 1.165) is 22.8 Å². The monoisotopic (exact) mass is 417 g/mol. The molecule has 0 bridgehead atoms. The molecule has 4 rings (SSSR count). The number of benzene rings is 3. The molecule has 1 N–H and O–H groups in total. The highest BCUT2D eigenvalue weighted by atomic mass is 16.5. The fourth-order valence-corrected chi connectivity index (χ4v) is 3.23. The molecule has 0 spiro atoms. The standard InChI is InChI=1S/C25H23NO5/c1-17(25(28)26-21-10-9-19-5-2-3-6-20(19)16-21)31-24(27)12-8-18-7-11-22-23(15-18)30-14-4-13-29-22/h2-3,5-12,15-17H,4,13-14H2,1H3,(H,26,28)/b12-8+/t17-/m1/s1. The molecule has 3 aromatic carbocycles. The average molecular weight is 417 g/mol. The van der Waals surface area contributed by atoms with Crippen LogP contribution in [0.3, 0.4) is 0 Å². The van der Waals surface area contributed by atoms with Crippen molar-refractivity contribution in [2.75, 3.05) is 18.5 Å². The molecular weight excluding hydrogens is 394 g/mol. The zero-order valence-corrected chi connectivity index (χ0v) is 17.2. The summed E-state index contributed by atoms with van der Waals surface area (Å²) in [4.78, 5) is 24.6. The summed E-state index contributed by atoms with van der Waals surface area (Å²) >= 11 is 0. The van der Waals surface area contributed by atoms with E-state index in [1.807, 2.05) is 54.6 Å². The fourth-order valence-electron chi connectivity index (χ4n) is 3.23. The summed E-state index contributed by atoms with van der Waals surface area (Å²) in [6.07, 6.45) is 2.79. The van der Waals surface area contributed by atoms with Crippen LogP contribution in [0.25, 0.3) is 16.8 Å². The van der Waals surface area contributed by atoms with Crippen molar-refractivity contribution in [2.45, 2.75) is 19.4 Å². The summed E-state index contributed by atoms with van der Waals surface area (Å²) in [5.74, 6) is 0.341.